The molecular formula is C88H64BClN6O4-2. The van der Waals surface area contributed by atoms with Crippen LogP contribution >= 0.6 is 11.6 Å². The second-order valence-corrected chi connectivity index (χ2v) is 26.4. The standard InChI is InChI=1S/C41H25N3O.C27H16ClN3O.C20H21BO2.2H/c1-2-9-26(10-3-1)27-17-20-29(21-18-27)39-42-40(31-23-24-33-30(25-31)22-19-28-11-4-5-12-32(28)33)44-41(43-39)35-14-8-16-37-38(35)34-13-6-7-15-36(34)45-37;28-27-30-25(19-15-13-18(14-16-19)17-7-2-1-3-8-17)29-26(31-27)21-10-6-12-23-24(21)20-9-4-5-11-22(20)32-23;1-19(2)20(3,4)23-21(22-19)16-11-12-18-15(13-16)10-9-14-7-5-6-8-17(14)18;;/h1-25H;1-16H;5-13H,1-4H3;;/q;;;2*-1. The number of furan rings is 2. The Morgan fingerprint density at radius 1 is 0.280 bits per heavy atom. The van der Waals surface area contributed by atoms with E-state index in [9.17, 15) is 0 Å². The van der Waals surface area contributed by atoms with Crippen molar-refractivity contribution in [3.63, 3.8) is 0 Å². The van der Waals surface area contributed by atoms with E-state index in [-0.39, 0.29) is 26.5 Å². The molecule has 4 aromatic heterocycles. The highest BCUT2D eigenvalue weighted by molar-refractivity contribution is 6.62. The molecule has 1 fully saturated rings. The quantitative estimate of drug-likeness (QED) is 0.107. The molecule has 482 valence electrons. The average molecular weight is 1320 g/mol. The van der Waals surface area contributed by atoms with E-state index >= 15 is 0 Å². The first-order valence-corrected chi connectivity index (χ1v) is 33.8. The molecule has 0 aliphatic carbocycles. The zero-order valence-corrected chi connectivity index (χ0v) is 55.9. The summed E-state index contributed by atoms with van der Waals surface area (Å²) < 4.78 is 24.6. The van der Waals surface area contributed by atoms with E-state index in [0.717, 1.165) is 99.2 Å². The number of para-hydroxylation sites is 2. The van der Waals surface area contributed by atoms with Crippen LogP contribution in [0.25, 0.3) is 166 Å². The Kier molecular flexibility index (Phi) is 15.7. The minimum absolute atomic E-state index is 0. The summed E-state index contributed by atoms with van der Waals surface area (Å²) in [6, 6.07) is 104. The van der Waals surface area contributed by atoms with Crippen LogP contribution < -0.4 is 5.46 Å². The summed E-state index contributed by atoms with van der Waals surface area (Å²) in [4.78, 5) is 28.8. The Bertz CT molecular complexity index is 6140. The predicted octanol–water partition coefficient (Wildman–Crippen LogP) is 22.7. The molecule has 10 nitrogen and oxygen atoms in total. The lowest BCUT2D eigenvalue weighted by molar-refractivity contribution is 0.00578. The Balaban J connectivity index is 0.000000130. The minimum atomic E-state index is -0.310. The molecule has 1 saturated heterocycles. The van der Waals surface area contributed by atoms with Crippen molar-refractivity contribution in [1.29, 1.82) is 0 Å². The van der Waals surface area contributed by atoms with Crippen molar-refractivity contribution >= 4 is 111 Å². The van der Waals surface area contributed by atoms with Gasteiger partial charge in [0.1, 0.15) is 22.3 Å². The zero-order valence-electron chi connectivity index (χ0n) is 57.1. The number of halogens is 1. The van der Waals surface area contributed by atoms with Crippen molar-refractivity contribution in [1.82, 2.24) is 29.9 Å². The Hall–Kier alpha value is -12.0. The summed E-state index contributed by atoms with van der Waals surface area (Å²) in [6.45, 7) is 8.34. The second-order valence-electron chi connectivity index (χ2n) is 26.1. The summed E-state index contributed by atoms with van der Waals surface area (Å²) in [6.07, 6.45) is 0. The number of aromatic nitrogens is 6. The van der Waals surface area contributed by atoms with Crippen LogP contribution in [-0.2, 0) is 9.31 Å². The Morgan fingerprint density at radius 3 is 1.15 bits per heavy atom. The fraction of sp³-hybridized carbons (Fsp3) is 0.0682. The first-order chi connectivity index (χ1) is 48.9. The SMILES string of the molecule is CC1(C)OB(c2ccc3c(ccc4ccccc43)c2)OC1(C)C.Clc1nc(-c2ccc(-c3ccccc3)cc2)nc(-c2cccc3oc4ccccc4c23)n1.[H-].[H-].c1ccc(-c2ccc(-c3nc(-c4ccc5c(ccc6ccccc65)c4)nc(-c4cccc5oc6ccccc6c45)n3)cc2)cc1. The van der Waals surface area contributed by atoms with Crippen LogP contribution in [0.3, 0.4) is 0 Å². The molecule has 0 spiro atoms. The highest BCUT2D eigenvalue weighted by Crippen LogP contribution is 2.41. The molecule has 0 saturated carbocycles. The van der Waals surface area contributed by atoms with E-state index in [1.807, 2.05) is 109 Å². The molecule has 0 N–H and O–H groups in total. The third-order valence-electron chi connectivity index (χ3n) is 19.3. The minimum Gasteiger partial charge on any atom is -1.00 e. The zero-order chi connectivity index (χ0) is 67.5. The topological polar surface area (TPSA) is 122 Å². The molecule has 19 rings (SSSR count). The fourth-order valence-corrected chi connectivity index (χ4v) is 13.6. The van der Waals surface area contributed by atoms with Crippen LogP contribution in [0, 0.1) is 0 Å². The molecule has 0 bridgehead atoms. The third kappa shape index (κ3) is 11.6. The van der Waals surface area contributed by atoms with Gasteiger partial charge in [-0.05, 0) is 140 Å². The van der Waals surface area contributed by atoms with Gasteiger partial charge in [-0.25, -0.2) is 19.9 Å². The van der Waals surface area contributed by atoms with Crippen LogP contribution in [0.15, 0.2) is 312 Å². The number of nitrogens with zero attached hydrogens (tertiary/aromatic N) is 6. The first-order valence-electron chi connectivity index (χ1n) is 33.4. The highest BCUT2D eigenvalue weighted by Gasteiger charge is 2.51. The normalized spacial score (nSPS) is 13.3. The molecule has 1 aliphatic rings. The maximum atomic E-state index is 6.33. The molecule has 100 heavy (non-hydrogen) atoms. The lowest BCUT2D eigenvalue weighted by atomic mass is 9.78. The van der Waals surface area contributed by atoms with Crippen molar-refractivity contribution in [2.24, 2.45) is 0 Å². The number of hydrogen-bond donors (Lipinski definition) is 0. The van der Waals surface area contributed by atoms with Gasteiger partial charge in [0.05, 0.1) is 11.2 Å². The largest absolute Gasteiger partial charge is 1.00 e. The molecule has 0 radical (unpaired) electrons. The van der Waals surface area contributed by atoms with Crippen molar-refractivity contribution in [2.75, 3.05) is 0 Å². The van der Waals surface area contributed by atoms with Gasteiger partial charge in [-0.1, -0.05) is 273 Å². The first kappa shape index (κ1) is 61.6. The molecule has 12 heteroatoms. The number of benzene rings is 14. The van der Waals surface area contributed by atoms with Crippen LogP contribution in [0.5, 0.6) is 0 Å². The van der Waals surface area contributed by atoms with Gasteiger partial charge in [0.25, 0.3) is 0 Å². The van der Waals surface area contributed by atoms with E-state index in [4.69, 9.17) is 49.7 Å². The lowest BCUT2D eigenvalue weighted by Gasteiger charge is -2.32. The van der Waals surface area contributed by atoms with Crippen molar-refractivity contribution in [3.8, 4) is 79.2 Å². The van der Waals surface area contributed by atoms with Gasteiger partial charge in [0.2, 0.25) is 5.28 Å². The van der Waals surface area contributed by atoms with Crippen LogP contribution in [0.1, 0.15) is 30.5 Å². The number of fused-ring (bicyclic) bond motifs is 12. The highest BCUT2D eigenvalue weighted by atomic mass is 35.5. The molecular weight excluding hydrogens is 1250 g/mol. The molecule has 18 aromatic rings. The maximum absolute atomic E-state index is 6.33. The fourth-order valence-electron chi connectivity index (χ4n) is 13.5. The maximum Gasteiger partial charge on any atom is 0.494 e. The number of rotatable bonds is 8. The van der Waals surface area contributed by atoms with Crippen LogP contribution in [0.2, 0.25) is 5.28 Å². The van der Waals surface area contributed by atoms with Gasteiger partial charge in [0, 0.05) is 49.4 Å². The predicted molar refractivity (Wildman–Crippen MR) is 412 cm³/mol. The van der Waals surface area contributed by atoms with E-state index in [2.05, 4.69) is 232 Å². The Morgan fingerprint density at radius 2 is 0.630 bits per heavy atom. The molecule has 14 aromatic carbocycles. The molecule has 5 heterocycles. The summed E-state index contributed by atoms with van der Waals surface area (Å²) in [5.74, 6) is 2.91. The lowest BCUT2D eigenvalue weighted by Crippen LogP contribution is -2.41. The van der Waals surface area contributed by atoms with Gasteiger partial charge in [-0.2, -0.15) is 9.97 Å². The van der Waals surface area contributed by atoms with Crippen LogP contribution in [0.4, 0.5) is 0 Å². The third-order valence-corrected chi connectivity index (χ3v) is 19.5. The van der Waals surface area contributed by atoms with Gasteiger partial charge >= 0.3 is 7.12 Å². The summed E-state index contributed by atoms with van der Waals surface area (Å²) in [5, 5.41) is 14.0. The molecule has 0 amide bonds. The molecule has 0 atom stereocenters. The average Bonchev–Trinajstić information content (AvgIpc) is 1.49. The number of hydrogen-bond acceptors (Lipinski definition) is 10. The van der Waals surface area contributed by atoms with E-state index in [1.54, 1.807) is 0 Å². The monoisotopic (exact) mass is 1310 g/mol. The molecule has 0 unspecified atom stereocenters. The summed E-state index contributed by atoms with van der Waals surface area (Å²) in [7, 11) is -0.309. The van der Waals surface area contributed by atoms with Crippen molar-refractivity contribution < 1.29 is 21.0 Å². The summed E-state index contributed by atoms with van der Waals surface area (Å²) >= 11 is 6.33. The molecule has 1 aliphatic heterocycles. The second kappa shape index (κ2) is 25.5. The summed E-state index contributed by atoms with van der Waals surface area (Å²) in [5.41, 5.74) is 12.8. The van der Waals surface area contributed by atoms with E-state index < -0.39 is 0 Å². The van der Waals surface area contributed by atoms with Gasteiger partial charge in [-0.3, -0.25) is 0 Å². The van der Waals surface area contributed by atoms with Crippen molar-refractivity contribution in [2.45, 2.75) is 38.9 Å². The van der Waals surface area contributed by atoms with Crippen molar-refractivity contribution in [3.05, 3.63) is 309 Å². The van der Waals surface area contributed by atoms with E-state index in [1.165, 1.54) is 43.3 Å². The van der Waals surface area contributed by atoms with E-state index in [0.29, 0.717) is 29.1 Å². The smallest absolute Gasteiger partial charge is 0.494 e. The Labute approximate surface area is 585 Å². The van der Waals surface area contributed by atoms with Crippen LogP contribution in [-0.4, -0.2) is 48.2 Å². The van der Waals surface area contributed by atoms with Gasteiger partial charge in [-0.15, -0.1) is 0 Å². The van der Waals surface area contributed by atoms with Gasteiger partial charge in [0.15, 0.2) is 29.1 Å². The van der Waals surface area contributed by atoms with Gasteiger partial charge < -0.3 is 21.0 Å².